The van der Waals surface area contributed by atoms with Crippen LogP contribution in [0.1, 0.15) is 12.6 Å². The number of pyridine rings is 1. The largest absolute Gasteiger partial charge is 0.433 e. The van der Waals surface area contributed by atoms with E-state index in [4.69, 9.17) is 11.6 Å². The van der Waals surface area contributed by atoms with Crippen molar-refractivity contribution < 1.29 is 13.2 Å². The molecule has 0 saturated heterocycles. The predicted octanol–water partition coefficient (Wildman–Crippen LogP) is 4.88. The fourth-order valence-electron chi connectivity index (χ4n) is 2.54. The van der Waals surface area contributed by atoms with Gasteiger partial charge >= 0.3 is 6.18 Å². The first-order valence-electron chi connectivity index (χ1n) is 6.95. The maximum atomic E-state index is 12.8. The van der Waals surface area contributed by atoms with Crippen molar-refractivity contribution in [3.05, 3.63) is 47.3 Å². The summed E-state index contributed by atoms with van der Waals surface area (Å²) in [5, 5.41) is 1.20. The van der Waals surface area contributed by atoms with Gasteiger partial charge in [-0.2, -0.15) is 13.2 Å². The molecule has 2 aromatic rings. The maximum absolute atomic E-state index is 12.8. The predicted molar refractivity (Wildman–Crippen MR) is 86.1 cm³/mol. The Hall–Kier alpha value is -2.08. The van der Waals surface area contributed by atoms with E-state index in [2.05, 4.69) is 9.98 Å². The SMILES string of the molecule is Cc1ccc2c(N3C=CC(C(F)(F)F)=NC3C)c(Cl)ccc2n1. The van der Waals surface area contributed by atoms with Gasteiger partial charge in [0.25, 0.3) is 0 Å². The quantitative estimate of drug-likeness (QED) is 0.740. The molecule has 1 atom stereocenters. The molecule has 7 heteroatoms. The molecule has 1 aliphatic rings. The minimum Gasteiger partial charge on any atom is -0.324 e. The summed E-state index contributed by atoms with van der Waals surface area (Å²) >= 11 is 6.29. The van der Waals surface area contributed by atoms with Crippen LogP contribution >= 0.6 is 11.6 Å². The number of benzene rings is 1. The average Bonchev–Trinajstić information content (AvgIpc) is 2.47. The molecule has 1 unspecified atom stereocenters. The number of allylic oxidation sites excluding steroid dienone is 1. The van der Waals surface area contributed by atoms with Gasteiger partial charge in [-0.25, -0.2) is 0 Å². The molecule has 3 nitrogen and oxygen atoms in total. The van der Waals surface area contributed by atoms with Gasteiger partial charge < -0.3 is 4.90 Å². The van der Waals surface area contributed by atoms with Crippen LogP contribution in [0, 0.1) is 6.92 Å². The van der Waals surface area contributed by atoms with Crippen LogP contribution < -0.4 is 4.90 Å². The van der Waals surface area contributed by atoms with Gasteiger partial charge in [-0.15, -0.1) is 0 Å². The molecule has 120 valence electrons. The summed E-state index contributed by atoms with van der Waals surface area (Å²) in [4.78, 5) is 9.78. The number of halogens is 4. The fourth-order valence-corrected chi connectivity index (χ4v) is 2.80. The Morgan fingerprint density at radius 1 is 1.17 bits per heavy atom. The Bertz CT molecular complexity index is 827. The molecule has 0 amide bonds. The molecule has 0 saturated carbocycles. The van der Waals surface area contributed by atoms with Crippen LogP contribution in [-0.2, 0) is 0 Å². The molecule has 1 aromatic carbocycles. The summed E-state index contributed by atoms with van der Waals surface area (Å²) in [6, 6.07) is 7.18. The van der Waals surface area contributed by atoms with Crippen molar-refractivity contribution in [3.63, 3.8) is 0 Å². The monoisotopic (exact) mass is 339 g/mol. The van der Waals surface area contributed by atoms with Crippen LogP contribution in [0.2, 0.25) is 5.02 Å². The second kappa shape index (κ2) is 5.53. The topological polar surface area (TPSA) is 28.5 Å². The molecule has 0 bridgehead atoms. The van der Waals surface area contributed by atoms with E-state index in [1.54, 1.807) is 24.0 Å². The van der Waals surface area contributed by atoms with Gasteiger partial charge in [0.1, 0.15) is 11.9 Å². The highest BCUT2D eigenvalue weighted by Crippen LogP contribution is 2.37. The zero-order chi connectivity index (χ0) is 16.8. The number of fused-ring (bicyclic) bond motifs is 1. The van der Waals surface area contributed by atoms with Crippen molar-refractivity contribution >= 4 is 33.9 Å². The van der Waals surface area contributed by atoms with Crippen LogP contribution in [0.4, 0.5) is 18.9 Å². The average molecular weight is 340 g/mol. The minimum absolute atomic E-state index is 0.435. The number of alkyl halides is 3. The van der Waals surface area contributed by atoms with Gasteiger partial charge in [-0.3, -0.25) is 9.98 Å². The smallest absolute Gasteiger partial charge is 0.324 e. The van der Waals surface area contributed by atoms with E-state index in [1.165, 1.54) is 6.20 Å². The first-order valence-corrected chi connectivity index (χ1v) is 7.32. The van der Waals surface area contributed by atoms with E-state index >= 15 is 0 Å². The lowest BCUT2D eigenvalue weighted by Gasteiger charge is -2.30. The molecular weight excluding hydrogens is 327 g/mol. The molecule has 0 aliphatic carbocycles. The van der Waals surface area contributed by atoms with Crippen molar-refractivity contribution in [2.45, 2.75) is 26.2 Å². The summed E-state index contributed by atoms with van der Waals surface area (Å²) in [7, 11) is 0. The lowest BCUT2D eigenvalue weighted by atomic mass is 10.1. The number of hydrogen-bond acceptors (Lipinski definition) is 3. The van der Waals surface area contributed by atoms with Crippen molar-refractivity contribution in [1.29, 1.82) is 0 Å². The Morgan fingerprint density at radius 3 is 2.57 bits per heavy atom. The number of hydrogen-bond donors (Lipinski definition) is 0. The molecule has 1 aromatic heterocycles. The number of aryl methyl sites for hydroxylation is 1. The summed E-state index contributed by atoms with van der Waals surface area (Å²) in [6.45, 7) is 3.46. The van der Waals surface area contributed by atoms with Crippen LogP contribution in [0.5, 0.6) is 0 Å². The Labute approximate surface area is 136 Å². The molecule has 0 N–H and O–H groups in total. The standard InChI is InChI=1S/C16H13ClF3N3/c1-9-3-4-11-13(21-9)6-5-12(17)15(11)23-8-7-14(16(18,19)20)22-10(23)2/h3-8,10H,1-2H3. The van der Waals surface area contributed by atoms with Gasteiger partial charge in [0.15, 0.2) is 0 Å². The minimum atomic E-state index is -4.46. The van der Waals surface area contributed by atoms with E-state index in [1.807, 2.05) is 19.1 Å². The van der Waals surface area contributed by atoms with Crippen molar-refractivity contribution in [1.82, 2.24) is 4.98 Å². The highest BCUT2D eigenvalue weighted by molar-refractivity contribution is 6.35. The summed E-state index contributed by atoms with van der Waals surface area (Å²) in [5.41, 5.74) is 1.29. The third-order valence-electron chi connectivity index (χ3n) is 3.60. The van der Waals surface area contributed by atoms with Crippen molar-refractivity contribution in [2.75, 3.05) is 4.90 Å². The second-order valence-electron chi connectivity index (χ2n) is 5.28. The Morgan fingerprint density at radius 2 is 1.91 bits per heavy atom. The zero-order valence-corrected chi connectivity index (χ0v) is 13.2. The molecule has 0 spiro atoms. The Balaban J connectivity index is 2.10. The van der Waals surface area contributed by atoms with Crippen molar-refractivity contribution in [2.24, 2.45) is 4.99 Å². The van der Waals surface area contributed by atoms with Crippen molar-refractivity contribution in [3.8, 4) is 0 Å². The van der Waals surface area contributed by atoms with Gasteiger partial charge in [0.05, 0.1) is 16.2 Å². The third kappa shape index (κ3) is 2.91. The van der Waals surface area contributed by atoms with E-state index < -0.39 is 18.1 Å². The molecule has 1 aliphatic heterocycles. The zero-order valence-electron chi connectivity index (χ0n) is 12.4. The normalized spacial score (nSPS) is 18.4. The first kappa shape index (κ1) is 15.8. The van der Waals surface area contributed by atoms with E-state index in [0.717, 1.165) is 22.7 Å². The maximum Gasteiger partial charge on any atom is 0.433 e. The number of aromatic nitrogens is 1. The number of rotatable bonds is 1. The first-order chi connectivity index (χ1) is 10.8. The molecule has 2 heterocycles. The van der Waals surface area contributed by atoms with E-state index in [0.29, 0.717) is 10.7 Å². The van der Waals surface area contributed by atoms with Gasteiger partial charge in [0, 0.05) is 17.3 Å². The van der Waals surface area contributed by atoms with Crippen LogP contribution in [0.25, 0.3) is 10.9 Å². The number of anilines is 1. The van der Waals surface area contributed by atoms with E-state index in [9.17, 15) is 13.2 Å². The fraction of sp³-hybridized carbons (Fsp3) is 0.250. The lowest BCUT2D eigenvalue weighted by Crippen LogP contribution is -2.35. The van der Waals surface area contributed by atoms with Gasteiger partial charge in [0.2, 0.25) is 0 Å². The van der Waals surface area contributed by atoms with E-state index in [-0.39, 0.29) is 0 Å². The van der Waals surface area contributed by atoms with Crippen LogP contribution in [0.3, 0.4) is 0 Å². The molecule has 0 radical (unpaired) electrons. The molecular formula is C16H13ClF3N3. The van der Waals surface area contributed by atoms with Gasteiger partial charge in [-0.05, 0) is 44.2 Å². The summed E-state index contributed by atoms with van der Waals surface area (Å²) in [5.74, 6) is 0. The highest BCUT2D eigenvalue weighted by Gasteiger charge is 2.36. The Kier molecular flexibility index (Phi) is 3.80. The number of nitrogens with zero attached hydrogens (tertiary/aromatic N) is 3. The summed E-state index contributed by atoms with van der Waals surface area (Å²) < 4.78 is 38.4. The molecule has 3 rings (SSSR count). The second-order valence-corrected chi connectivity index (χ2v) is 5.69. The summed E-state index contributed by atoms with van der Waals surface area (Å²) in [6.07, 6.45) is -2.86. The van der Waals surface area contributed by atoms with Crippen LogP contribution in [0.15, 0.2) is 41.5 Å². The third-order valence-corrected chi connectivity index (χ3v) is 3.91. The number of aliphatic imine (C=N–C) groups is 1. The van der Waals surface area contributed by atoms with Crippen LogP contribution in [-0.4, -0.2) is 23.0 Å². The molecule has 23 heavy (non-hydrogen) atoms. The molecule has 0 fully saturated rings. The highest BCUT2D eigenvalue weighted by atomic mass is 35.5. The van der Waals surface area contributed by atoms with Gasteiger partial charge in [-0.1, -0.05) is 11.6 Å². The lowest BCUT2D eigenvalue weighted by molar-refractivity contribution is -0.0581.